The number of thiophene rings is 1. The topological polar surface area (TPSA) is 55.1 Å². The van der Waals surface area contributed by atoms with Crippen LogP contribution in [-0.2, 0) is 6.54 Å². The lowest BCUT2D eigenvalue weighted by atomic mass is 10.5. The molecule has 0 bridgehead atoms. The average Bonchev–Trinajstić information content (AvgIpc) is 2.89. The fourth-order valence-corrected chi connectivity index (χ4v) is 3.23. The summed E-state index contributed by atoms with van der Waals surface area (Å²) in [6, 6.07) is 1.72. The first-order valence-corrected chi connectivity index (χ1v) is 6.95. The number of hydrogen-bond donors (Lipinski definition) is 1. The van der Waals surface area contributed by atoms with E-state index in [4.69, 9.17) is 5.11 Å². The summed E-state index contributed by atoms with van der Waals surface area (Å²) >= 11 is 2.93. The molecule has 0 radical (unpaired) electrons. The molecule has 0 aliphatic heterocycles. The summed E-state index contributed by atoms with van der Waals surface area (Å²) in [5.41, 5.74) is 0. The van der Waals surface area contributed by atoms with Gasteiger partial charge in [0.25, 0.3) is 0 Å². The van der Waals surface area contributed by atoms with E-state index in [9.17, 15) is 4.79 Å². The number of rotatable bonds is 5. The summed E-state index contributed by atoms with van der Waals surface area (Å²) < 4.78 is 2.08. The summed E-state index contributed by atoms with van der Waals surface area (Å²) in [5, 5.41) is 10.7. The number of carboxylic acid groups (broad SMARTS) is 1. The fraction of sp³-hybridized carbons (Fsp3) is 0.273. The zero-order valence-electron chi connectivity index (χ0n) is 9.29. The molecule has 0 saturated carbocycles. The van der Waals surface area contributed by atoms with Gasteiger partial charge in [0.15, 0.2) is 0 Å². The Morgan fingerprint density at radius 3 is 3.06 bits per heavy atom. The van der Waals surface area contributed by atoms with Crippen LogP contribution in [0.1, 0.15) is 15.5 Å². The molecule has 0 aliphatic rings. The first-order valence-electron chi connectivity index (χ1n) is 5.09. The Hall–Kier alpha value is -1.27. The molecule has 2 aromatic rings. The number of aryl methyl sites for hydroxylation is 2. The van der Waals surface area contributed by atoms with Gasteiger partial charge >= 0.3 is 5.97 Å². The first-order chi connectivity index (χ1) is 8.16. The first kappa shape index (κ1) is 12.2. The van der Waals surface area contributed by atoms with Gasteiger partial charge in [0.05, 0.1) is 0 Å². The number of thioether (sulfide) groups is 1. The molecular weight excluding hydrogens is 256 g/mol. The van der Waals surface area contributed by atoms with Gasteiger partial charge in [-0.05, 0) is 13.0 Å². The molecule has 4 nitrogen and oxygen atoms in total. The van der Waals surface area contributed by atoms with Gasteiger partial charge in [-0.15, -0.1) is 23.1 Å². The molecule has 0 atom stereocenters. The standard InChI is InChI=1S/C11H12N2O2S2/c1-8-12-2-3-13(8)4-5-16-9-6-10(11(14)15)17-7-9/h2-3,6-7H,4-5H2,1H3,(H,14,15). The summed E-state index contributed by atoms with van der Waals surface area (Å²) in [4.78, 5) is 16.3. The van der Waals surface area contributed by atoms with Crippen molar-refractivity contribution < 1.29 is 9.90 Å². The molecular formula is C11H12N2O2S2. The van der Waals surface area contributed by atoms with Crippen LogP contribution in [0.2, 0.25) is 0 Å². The van der Waals surface area contributed by atoms with E-state index in [-0.39, 0.29) is 0 Å². The Kier molecular flexibility index (Phi) is 3.86. The lowest BCUT2D eigenvalue weighted by molar-refractivity contribution is 0.0702. The van der Waals surface area contributed by atoms with Crippen molar-refractivity contribution in [2.24, 2.45) is 0 Å². The summed E-state index contributed by atoms with van der Waals surface area (Å²) in [7, 11) is 0. The number of aromatic carboxylic acids is 1. The van der Waals surface area contributed by atoms with Crippen LogP contribution in [0.15, 0.2) is 28.7 Å². The third-order valence-corrected chi connectivity index (χ3v) is 4.33. The summed E-state index contributed by atoms with van der Waals surface area (Å²) in [5.74, 6) is 1.06. The van der Waals surface area contributed by atoms with Crippen molar-refractivity contribution in [1.82, 2.24) is 9.55 Å². The Morgan fingerprint density at radius 1 is 1.65 bits per heavy atom. The van der Waals surface area contributed by atoms with Gasteiger partial charge in [-0.2, -0.15) is 0 Å². The van der Waals surface area contributed by atoms with Crippen LogP contribution in [0.3, 0.4) is 0 Å². The number of nitrogens with zero attached hydrogens (tertiary/aromatic N) is 2. The Labute approximate surface area is 107 Å². The summed E-state index contributed by atoms with van der Waals surface area (Å²) in [6.07, 6.45) is 3.74. The third-order valence-electron chi connectivity index (χ3n) is 2.31. The predicted molar refractivity (Wildman–Crippen MR) is 69.0 cm³/mol. The van der Waals surface area contributed by atoms with Gasteiger partial charge in [0.1, 0.15) is 10.7 Å². The fourth-order valence-electron chi connectivity index (χ4n) is 1.41. The van der Waals surface area contributed by atoms with E-state index in [2.05, 4.69) is 9.55 Å². The zero-order chi connectivity index (χ0) is 12.3. The maximum atomic E-state index is 10.7. The molecule has 17 heavy (non-hydrogen) atoms. The second kappa shape index (κ2) is 5.37. The zero-order valence-corrected chi connectivity index (χ0v) is 10.9. The Bertz CT molecular complexity index is 519. The van der Waals surface area contributed by atoms with Crippen LogP contribution in [0.4, 0.5) is 0 Å². The average molecular weight is 268 g/mol. The molecule has 0 aliphatic carbocycles. The van der Waals surface area contributed by atoms with Gasteiger partial charge in [-0.3, -0.25) is 0 Å². The number of carbonyl (C=O) groups is 1. The smallest absolute Gasteiger partial charge is 0.345 e. The van der Waals surface area contributed by atoms with Crippen molar-refractivity contribution in [3.63, 3.8) is 0 Å². The van der Waals surface area contributed by atoms with E-state index < -0.39 is 5.97 Å². The highest BCUT2D eigenvalue weighted by Crippen LogP contribution is 2.25. The minimum absolute atomic E-state index is 0.395. The second-order valence-corrected chi connectivity index (χ2v) is 5.55. The van der Waals surface area contributed by atoms with Crippen molar-refractivity contribution in [3.05, 3.63) is 34.5 Å². The van der Waals surface area contributed by atoms with Crippen molar-refractivity contribution in [1.29, 1.82) is 0 Å². The molecule has 0 unspecified atom stereocenters. The van der Waals surface area contributed by atoms with E-state index in [0.29, 0.717) is 4.88 Å². The number of hydrogen-bond acceptors (Lipinski definition) is 4. The SMILES string of the molecule is Cc1nccn1CCSc1csc(C(=O)O)c1. The summed E-state index contributed by atoms with van der Waals surface area (Å²) in [6.45, 7) is 2.85. The molecule has 0 amide bonds. The molecule has 2 heterocycles. The molecule has 90 valence electrons. The van der Waals surface area contributed by atoms with Gasteiger partial charge < -0.3 is 9.67 Å². The van der Waals surface area contributed by atoms with E-state index in [1.807, 2.05) is 18.5 Å². The van der Waals surface area contributed by atoms with E-state index in [1.54, 1.807) is 24.0 Å². The molecule has 2 aromatic heterocycles. The van der Waals surface area contributed by atoms with E-state index in [0.717, 1.165) is 23.0 Å². The van der Waals surface area contributed by atoms with Gasteiger partial charge in [-0.25, -0.2) is 9.78 Å². The maximum absolute atomic E-state index is 10.7. The molecule has 0 fully saturated rings. The Balaban J connectivity index is 1.86. The molecule has 0 saturated heterocycles. The van der Waals surface area contributed by atoms with E-state index in [1.165, 1.54) is 11.3 Å². The Morgan fingerprint density at radius 2 is 2.47 bits per heavy atom. The highest BCUT2D eigenvalue weighted by atomic mass is 32.2. The van der Waals surface area contributed by atoms with Crippen molar-refractivity contribution in [2.45, 2.75) is 18.4 Å². The molecule has 0 aromatic carbocycles. The predicted octanol–water partition coefficient (Wildman–Crippen LogP) is 2.74. The van der Waals surface area contributed by atoms with Crippen molar-refractivity contribution in [2.75, 3.05) is 5.75 Å². The molecule has 0 spiro atoms. The van der Waals surface area contributed by atoms with Gasteiger partial charge in [0, 0.05) is 35.0 Å². The van der Waals surface area contributed by atoms with Crippen LogP contribution < -0.4 is 0 Å². The lowest BCUT2D eigenvalue weighted by Crippen LogP contribution is -2.01. The second-order valence-electron chi connectivity index (χ2n) is 3.47. The molecule has 6 heteroatoms. The normalized spacial score (nSPS) is 10.6. The van der Waals surface area contributed by atoms with Gasteiger partial charge in [-0.1, -0.05) is 0 Å². The van der Waals surface area contributed by atoms with Crippen LogP contribution in [-0.4, -0.2) is 26.4 Å². The van der Waals surface area contributed by atoms with Crippen molar-refractivity contribution in [3.8, 4) is 0 Å². The number of imidazole rings is 1. The van der Waals surface area contributed by atoms with Gasteiger partial charge in [0.2, 0.25) is 0 Å². The minimum atomic E-state index is -0.854. The minimum Gasteiger partial charge on any atom is -0.477 e. The number of aromatic nitrogens is 2. The third kappa shape index (κ3) is 3.10. The van der Waals surface area contributed by atoms with E-state index >= 15 is 0 Å². The van der Waals surface area contributed by atoms with Crippen LogP contribution in [0, 0.1) is 6.92 Å². The highest BCUT2D eigenvalue weighted by molar-refractivity contribution is 7.99. The largest absolute Gasteiger partial charge is 0.477 e. The lowest BCUT2D eigenvalue weighted by Gasteiger charge is -2.03. The van der Waals surface area contributed by atoms with Crippen LogP contribution in [0.25, 0.3) is 0 Å². The quantitative estimate of drug-likeness (QED) is 0.847. The van der Waals surface area contributed by atoms with Crippen LogP contribution >= 0.6 is 23.1 Å². The maximum Gasteiger partial charge on any atom is 0.345 e. The highest BCUT2D eigenvalue weighted by Gasteiger charge is 2.07. The van der Waals surface area contributed by atoms with Crippen LogP contribution in [0.5, 0.6) is 0 Å². The number of carboxylic acids is 1. The monoisotopic (exact) mass is 268 g/mol. The van der Waals surface area contributed by atoms with Crippen molar-refractivity contribution >= 4 is 29.1 Å². The molecule has 2 rings (SSSR count). The molecule has 1 N–H and O–H groups in total.